The van der Waals surface area contributed by atoms with Crippen LogP contribution in [-0.4, -0.2) is 38.8 Å². The number of carbonyl (C=O) groups excluding carboxylic acids is 1. The number of rotatable bonds is 7. The van der Waals surface area contributed by atoms with Crippen molar-refractivity contribution in [2.45, 2.75) is 85.2 Å². The van der Waals surface area contributed by atoms with Gasteiger partial charge in [-0.25, -0.2) is 0 Å². The van der Waals surface area contributed by atoms with Crippen LogP contribution in [0.25, 0.3) is 6.08 Å². The van der Waals surface area contributed by atoms with Gasteiger partial charge in [0.05, 0.1) is 4.91 Å². The molecule has 0 N–H and O–H groups in total. The number of aromatic nitrogens is 1. The molecule has 1 aromatic heterocycles. The molecule has 6 nitrogen and oxygen atoms in total. The highest BCUT2D eigenvalue weighted by Gasteiger charge is 2.35. The Kier molecular flexibility index (Phi) is 8.77. The number of nitriles is 1. The Bertz CT molecular complexity index is 1050. The monoisotopic (exact) mass is 486 g/mol. The number of anilines is 1. The van der Waals surface area contributed by atoms with Crippen LogP contribution in [0.4, 0.5) is 5.82 Å². The molecule has 8 heteroatoms. The molecule has 1 atom stereocenters. The van der Waals surface area contributed by atoms with E-state index in [0.717, 1.165) is 56.6 Å². The van der Waals surface area contributed by atoms with Crippen molar-refractivity contribution in [1.29, 1.82) is 5.26 Å². The topological polar surface area (TPSA) is 69.3 Å². The Morgan fingerprint density at radius 2 is 1.85 bits per heavy atom. The Morgan fingerprint density at radius 1 is 1.18 bits per heavy atom. The van der Waals surface area contributed by atoms with Gasteiger partial charge in [-0.2, -0.15) is 5.26 Å². The van der Waals surface area contributed by atoms with Crippen molar-refractivity contribution < 1.29 is 4.79 Å². The van der Waals surface area contributed by atoms with Crippen LogP contribution in [0.15, 0.2) is 9.70 Å². The minimum atomic E-state index is -0.230. The van der Waals surface area contributed by atoms with E-state index in [4.69, 9.17) is 12.2 Å². The minimum absolute atomic E-state index is 0.0303. The van der Waals surface area contributed by atoms with E-state index in [9.17, 15) is 14.9 Å². The van der Waals surface area contributed by atoms with E-state index in [-0.39, 0.29) is 23.1 Å². The summed E-state index contributed by atoms with van der Waals surface area (Å²) in [5.74, 6) is 0.756. The van der Waals surface area contributed by atoms with Crippen LogP contribution in [0.3, 0.4) is 0 Å². The average molecular weight is 487 g/mol. The lowest BCUT2D eigenvalue weighted by molar-refractivity contribution is -0.123. The van der Waals surface area contributed by atoms with Crippen molar-refractivity contribution in [2.75, 3.05) is 18.0 Å². The van der Waals surface area contributed by atoms with E-state index < -0.39 is 0 Å². The predicted octanol–water partition coefficient (Wildman–Crippen LogP) is 5.21. The van der Waals surface area contributed by atoms with Gasteiger partial charge in [-0.3, -0.25) is 19.1 Å². The first-order chi connectivity index (χ1) is 15.8. The maximum atomic E-state index is 13.4. The maximum Gasteiger partial charge on any atom is 0.270 e. The fraction of sp³-hybridized carbons (Fsp3) is 0.600. The number of unbranched alkanes of at least 4 members (excludes halogenated alkanes) is 1. The second-order valence-electron chi connectivity index (χ2n) is 8.87. The largest absolute Gasteiger partial charge is 0.357 e. The Labute approximate surface area is 206 Å². The molecule has 178 valence electrons. The molecule has 2 saturated heterocycles. The summed E-state index contributed by atoms with van der Waals surface area (Å²) in [6.07, 6.45) is 8.97. The smallest absolute Gasteiger partial charge is 0.270 e. The molecule has 0 saturated carbocycles. The first kappa shape index (κ1) is 25.5. The van der Waals surface area contributed by atoms with Crippen LogP contribution in [0.1, 0.15) is 82.4 Å². The van der Waals surface area contributed by atoms with Gasteiger partial charge in [0, 0.05) is 31.2 Å². The van der Waals surface area contributed by atoms with Gasteiger partial charge in [0.1, 0.15) is 21.8 Å². The second kappa shape index (κ2) is 11.3. The van der Waals surface area contributed by atoms with Gasteiger partial charge in [0.15, 0.2) is 0 Å². The lowest BCUT2D eigenvalue weighted by atomic mass is 10.0. The van der Waals surface area contributed by atoms with Crippen LogP contribution in [-0.2, 0) is 11.3 Å². The standard InChI is InChI=1S/C25H34N4O2S2/c1-5-7-14-28-22(27-12-10-8-9-11-13-27)19(18(4)20(16-26)23(28)30)15-21-24(31)29(17(3)6-2)25(32)33-21/h15,17H,5-14H2,1-4H3/b21-15-. The van der Waals surface area contributed by atoms with Crippen LogP contribution < -0.4 is 10.5 Å². The van der Waals surface area contributed by atoms with Gasteiger partial charge in [-0.05, 0) is 51.2 Å². The fourth-order valence-electron chi connectivity index (χ4n) is 4.46. The molecule has 0 spiro atoms. The van der Waals surface area contributed by atoms with Crippen molar-refractivity contribution in [3.05, 3.63) is 31.9 Å². The summed E-state index contributed by atoms with van der Waals surface area (Å²) < 4.78 is 2.34. The summed E-state index contributed by atoms with van der Waals surface area (Å²) in [4.78, 5) is 31.1. The molecule has 0 bridgehead atoms. The van der Waals surface area contributed by atoms with E-state index in [1.165, 1.54) is 24.6 Å². The summed E-state index contributed by atoms with van der Waals surface area (Å²) in [6.45, 7) is 10.3. The van der Waals surface area contributed by atoms with E-state index in [0.29, 0.717) is 21.3 Å². The molecule has 2 fully saturated rings. The average Bonchev–Trinajstić information content (AvgIpc) is 2.97. The highest BCUT2D eigenvalue weighted by Crippen LogP contribution is 2.37. The molecular weight excluding hydrogens is 452 g/mol. The van der Waals surface area contributed by atoms with E-state index in [1.807, 2.05) is 26.8 Å². The third-order valence-electron chi connectivity index (χ3n) is 6.62. The number of hydrogen-bond donors (Lipinski definition) is 0. The zero-order valence-corrected chi connectivity index (χ0v) is 21.8. The summed E-state index contributed by atoms with van der Waals surface area (Å²) in [6, 6.07) is 2.17. The number of hydrogen-bond acceptors (Lipinski definition) is 6. The summed E-state index contributed by atoms with van der Waals surface area (Å²) in [5, 5.41) is 9.82. The molecule has 33 heavy (non-hydrogen) atoms. The molecule has 2 aliphatic heterocycles. The van der Waals surface area contributed by atoms with E-state index in [1.54, 1.807) is 9.47 Å². The molecule has 0 aromatic carbocycles. The van der Waals surface area contributed by atoms with Gasteiger partial charge in [-0.1, -0.05) is 57.1 Å². The van der Waals surface area contributed by atoms with Crippen LogP contribution in [0.5, 0.6) is 0 Å². The summed E-state index contributed by atoms with van der Waals surface area (Å²) >= 11 is 6.83. The number of nitrogens with zero attached hydrogens (tertiary/aromatic N) is 4. The Morgan fingerprint density at radius 3 is 2.42 bits per heavy atom. The number of carbonyl (C=O) groups is 1. The first-order valence-corrected chi connectivity index (χ1v) is 13.3. The van der Waals surface area contributed by atoms with Gasteiger partial charge < -0.3 is 4.90 Å². The lowest BCUT2D eigenvalue weighted by Crippen LogP contribution is -2.36. The van der Waals surface area contributed by atoms with Crippen molar-refractivity contribution in [2.24, 2.45) is 0 Å². The highest BCUT2D eigenvalue weighted by molar-refractivity contribution is 8.26. The van der Waals surface area contributed by atoms with Crippen molar-refractivity contribution in [3.63, 3.8) is 0 Å². The fourth-order valence-corrected chi connectivity index (χ4v) is 5.91. The summed E-state index contributed by atoms with van der Waals surface area (Å²) in [7, 11) is 0. The van der Waals surface area contributed by atoms with Gasteiger partial charge in [0.2, 0.25) is 0 Å². The molecule has 0 radical (unpaired) electrons. The third-order valence-corrected chi connectivity index (χ3v) is 7.95. The zero-order chi connectivity index (χ0) is 24.1. The van der Waals surface area contributed by atoms with E-state index in [2.05, 4.69) is 17.9 Å². The molecule has 0 aliphatic carbocycles. The normalized spacial score (nSPS) is 19.2. The molecule has 1 aromatic rings. The number of amides is 1. The van der Waals surface area contributed by atoms with Crippen molar-refractivity contribution in [3.8, 4) is 6.07 Å². The molecular formula is C25H34N4O2S2. The molecule has 3 heterocycles. The SMILES string of the molecule is CCCCn1c(N2CCCCCC2)c(/C=C2\SC(=S)N(C(C)CC)C2=O)c(C)c(C#N)c1=O. The van der Waals surface area contributed by atoms with E-state index >= 15 is 0 Å². The van der Waals surface area contributed by atoms with Gasteiger partial charge in [0.25, 0.3) is 11.5 Å². The van der Waals surface area contributed by atoms with Gasteiger partial charge in [-0.15, -0.1) is 0 Å². The highest BCUT2D eigenvalue weighted by atomic mass is 32.2. The summed E-state index contributed by atoms with van der Waals surface area (Å²) in [5.41, 5.74) is 1.37. The number of pyridine rings is 1. The molecule has 1 amide bonds. The predicted molar refractivity (Wildman–Crippen MR) is 141 cm³/mol. The van der Waals surface area contributed by atoms with Crippen LogP contribution in [0, 0.1) is 18.3 Å². The van der Waals surface area contributed by atoms with Crippen LogP contribution in [0.2, 0.25) is 0 Å². The maximum absolute atomic E-state index is 13.4. The molecule has 1 unspecified atom stereocenters. The second-order valence-corrected chi connectivity index (χ2v) is 10.5. The Balaban J connectivity index is 2.24. The Hall–Kier alpha value is -2.11. The van der Waals surface area contributed by atoms with Crippen molar-refractivity contribution in [1.82, 2.24) is 9.47 Å². The molecule has 3 rings (SSSR count). The quantitative estimate of drug-likeness (QED) is 0.389. The lowest BCUT2D eigenvalue weighted by Gasteiger charge is -2.29. The number of thioether (sulfide) groups is 1. The molecule has 2 aliphatic rings. The minimum Gasteiger partial charge on any atom is -0.357 e. The first-order valence-electron chi connectivity index (χ1n) is 12.0. The van der Waals surface area contributed by atoms with Crippen molar-refractivity contribution >= 4 is 46.1 Å². The van der Waals surface area contributed by atoms with Gasteiger partial charge >= 0.3 is 0 Å². The third kappa shape index (κ3) is 5.20. The van der Waals surface area contributed by atoms with Crippen LogP contribution >= 0.6 is 24.0 Å². The number of thiocarbonyl (C=S) groups is 1. The zero-order valence-electron chi connectivity index (χ0n) is 20.1.